The van der Waals surface area contributed by atoms with E-state index in [2.05, 4.69) is 0 Å². The minimum Gasteiger partial charge on any atom is -0.207 e. The molecule has 0 saturated carbocycles. The zero-order valence-electron chi connectivity index (χ0n) is 11.5. The summed E-state index contributed by atoms with van der Waals surface area (Å²) in [4.78, 5) is 0. The Morgan fingerprint density at radius 2 is 1.04 bits per heavy atom. The fourth-order valence-corrected chi connectivity index (χ4v) is 2.07. The van der Waals surface area contributed by atoms with E-state index in [0.29, 0.717) is 12.1 Å². The molecule has 0 spiro atoms. The van der Waals surface area contributed by atoms with Gasteiger partial charge in [-0.1, -0.05) is 17.6 Å². The van der Waals surface area contributed by atoms with Gasteiger partial charge in [0.15, 0.2) is 7.28 Å². The molecule has 0 unspecified atom stereocenters. The summed E-state index contributed by atoms with van der Waals surface area (Å²) in [6.45, 7) is 0. The summed E-state index contributed by atoms with van der Waals surface area (Å²) < 4.78 is 116. The molecule has 0 aliphatic carbocycles. The second-order valence-electron chi connectivity index (χ2n) is 4.94. The van der Waals surface area contributed by atoms with Crippen molar-refractivity contribution in [2.24, 2.45) is 0 Å². The van der Waals surface area contributed by atoms with Gasteiger partial charge in [0, 0.05) is 12.1 Å². The van der Waals surface area contributed by atoms with Crippen LogP contribution < -0.4 is 10.9 Å². The van der Waals surface area contributed by atoms with Crippen molar-refractivity contribution in [3.8, 4) is 0 Å². The van der Waals surface area contributed by atoms with Gasteiger partial charge in [-0.2, -0.15) is 26.3 Å². The van der Waals surface area contributed by atoms with Gasteiger partial charge < -0.3 is 0 Å². The highest BCUT2D eigenvalue weighted by Crippen LogP contribution is 2.34. The van der Waals surface area contributed by atoms with Gasteiger partial charge in [-0.3, -0.25) is 0 Å². The third-order valence-electron chi connectivity index (χ3n) is 3.13. The maximum absolute atomic E-state index is 13.5. The number of hydrogen-bond donors (Lipinski definition) is 0. The minimum atomic E-state index is -5.07. The molecule has 0 N–H and O–H groups in total. The standard InChI is InChI=1S/C14H6BF9/c16-9-4-10(17)12(11(18)5-9)15-8-2-6(13(19,20)21)1-7(3-8)14(22,23)24/h1-5,15H. The van der Waals surface area contributed by atoms with E-state index in [9.17, 15) is 39.5 Å². The van der Waals surface area contributed by atoms with E-state index in [1.807, 2.05) is 0 Å². The second-order valence-corrected chi connectivity index (χ2v) is 4.94. The Bertz CT molecular complexity index is 707. The van der Waals surface area contributed by atoms with E-state index >= 15 is 0 Å². The number of alkyl halides is 6. The first-order chi connectivity index (χ1) is 10.9. The fraction of sp³-hybridized carbons (Fsp3) is 0.143. The zero-order valence-corrected chi connectivity index (χ0v) is 11.5. The normalized spacial score (nSPS) is 12.4. The predicted octanol–water partition coefficient (Wildman–Crippen LogP) is 3.53. The molecule has 0 aromatic heterocycles. The summed E-state index contributed by atoms with van der Waals surface area (Å²) in [7, 11) is -0.898. The van der Waals surface area contributed by atoms with Crippen molar-refractivity contribution in [1.29, 1.82) is 0 Å². The molecule has 0 heterocycles. The van der Waals surface area contributed by atoms with Crippen LogP contribution in [0.5, 0.6) is 0 Å². The molecule has 0 saturated heterocycles. The van der Waals surface area contributed by atoms with E-state index in [4.69, 9.17) is 0 Å². The van der Waals surface area contributed by atoms with Crippen LogP contribution in [0.4, 0.5) is 39.5 Å². The van der Waals surface area contributed by atoms with Crippen molar-refractivity contribution in [3.63, 3.8) is 0 Å². The van der Waals surface area contributed by atoms with Gasteiger partial charge in [0.1, 0.15) is 17.5 Å². The molecule has 2 rings (SSSR count). The van der Waals surface area contributed by atoms with Crippen LogP contribution in [0.1, 0.15) is 11.1 Å². The van der Waals surface area contributed by atoms with E-state index in [-0.39, 0.29) is 18.2 Å². The smallest absolute Gasteiger partial charge is 0.207 e. The molecular weight excluding hydrogens is 350 g/mol. The van der Waals surface area contributed by atoms with Crippen LogP contribution >= 0.6 is 0 Å². The van der Waals surface area contributed by atoms with E-state index < -0.39 is 59.1 Å². The quantitative estimate of drug-likeness (QED) is 0.571. The molecule has 0 bridgehead atoms. The molecule has 2 aromatic carbocycles. The minimum absolute atomic E-state index is 0.0964. The van der Waals surface area contributed by atoms with Crippen molar-refractivity contribution in [3.05, 3.63) is 58.9 Å². The molecule has 0 aliphatic rings. The van der Waals surface area contributed by atoms with Crippen LogP contribution in [-0.4, -0.2) is 7.28 Å². The fourth-order valence-electron chi connectivity index (χ4n) is 2.07. The summed E-state index contributed by atoms with van der Waals surface area (Å²) in [5, 5.41) is 0. The van der Waals surface area contributed by atoms with E-state index in [0.717, 1.165) is 0 Å². The molecule has 0 nitrogen and oxygen atoms in total. The highest BCUT2D eigenvalue weighted by atomic mass is 19.4. The molecule has 10 heteroatoms. The summed E-state index contributed by atoms with van der Waals surface area (Å²) in [6.07, 6.45) is -10.1. The number of halogens is 9. The maximum Gasteiger partial charge on any atom is 0.416 e. The first-order valence-electron chi connectivity index (χ1n) is 6.29. The van der Waals surface area contributed by atoms with Crippen molar-refractivity contribution in [2.75, 3.05) is 0 Å². The first-order valence-corrected chi connectivity index (χ1v) is 6.29. The van der Waals surface area contributed by atoms with Crippen LogP contribution in [0.25, 0.3) is 0 Å². The van der Waals surface area contributed by atoms with Gasteiger partial charge in [-0.15, -0.1) is 0 Å². The molecule has 128 valence electrons. The Kier molecular flexibility index (Phi) is 4.60. The Morgan fingerprint density at radius 1 is 0.625 bits per heavy atom. The summed E-state index contributed by atoms with van der Waals surface area (Å²) >= 11 is 0. The lowest BCUT2D eigenvalue weighted by Gasteiger charge is -2.14. The number of benzene rings is 2. The molecule has 0 radical (unpaired) electrons. The average Bonchev–Trinajstić information content (AvgIpc) is 2.40. The molecule has 0 aliphatic heterocycles. The lowest BCUT2D eigenvalue weighted by Crippen LogP contribution is -2.34. The van der Waals surface area contributed by atoms with Crippen molar-refractivity contribution in [1.82, 2.24) is 0 Å². The van der Waals surface area contributed by atoms with Gasteiger partial charge in [0.2, 0.25) is 0 Å². The average molecular weight is 356 g/mol. The van der Waals surface area contributed by atoms with Gasteiger partial charge >= 0.3 is 12.4 Å². The van der Waals surface area contributed by atoms with Crippen LogP contribution in [0, 0.1) is 17.5 Å². The molecule has 0 fully saturated rings. The molecule has 0 atom stereocenters. The predicted molar refractivity (Wildman–Crippen MR) is 69.2 cm³/mol. The Morgan fingerprint density at radius 3 is 1.42 bits per heavy atom. The number of hydrogen-bond acceptors (Lipinski definition) is 0. The SMILES string of the molecule is Fc1cc(F)c(Bc2cc(C(F)(F)F)cc(C(F)(F)F)c2)c(F)c1. The topological polar surface area (TPSA) is 0 Å². The van der Waals surface area contributed by atoms with Crippen molar-refractivity contribution >= 4 is 18.2 Å². The maximum atomic E-state index is 13.5. The zero-order chi connectivity index (χ0) is 18.3. The van der Waals surface area contributed by atoms with Crippen molar-refractivity contribution in [2.45, 2.75) is 12.4 Å². The summed E-state index contributed by atoms with van der Waals surface area (Å²) in [5.41, 5.74) is -4.64. The lowest BCUT2D eigenvalue weighted by atomic mass is 9.63. The Balaban J connectivity index is 2.55. The lowest BCUT2D eigenvalue weighted by molar-refractivity contribution is -0.142. The molecule has 0 amide bonds. The third kappa shape index (κ3) is 4.04. The van der Waals surface area contributed by atoms with Crippen LogP contribution in [0.15, 0.2) is 30.3 Å². The third-order valence-corrected chi connectivity index (χ3v) is 3.13. The number of rotatable bonds is 2. The van der Waals surface area contributed by atoms with Crippen LogP contribution in [0.3, 0.4) is 0 Å². The monoisotopic (exact) mass is 356 g/mol. The van der Waals surface area contributed by atoms with Crippen LogP contribution in [0.2, 0.25) is 0 Å². The van der Waals surface area contributed by atoms with E-state index in [1.165, 1.54) is 0 Å². The first kappa shape index (κ1) is 18.2. The Labute approximate surface area is 130 Å². The highest BCUT2D eigenvalue weighted by Gasteiger charge is 2.37. The molecule has 24 heavy (non-hydrogen) atoms. The van der Waals surface area contributed by atoms with Crippen LogP contribution in [-0.2, 0) is 12.4 Å². The highest BCUT2D eigenvalue weighted by molar-refractivity contribution is 6.67. The van der Waals surface area contributed by atoms with Gasteiger partial charge in [0.25, 0.3) is 0 Å². The van der Waals surface area contributed by atoms with E-state index in [1.54, 1.807) is 0 Å². The van der Waals surface area contributed by atoms with Gasteiger partial charge in [0.05, 0.1) is 11.1 Å². The molecule has 2 aromatic rings. The summed E-state index contributed by atoms with van der Waals surface area (Å²) in [6, 6.07) is 1.20. The summed E-state index contributed by atoms with van der Waals surface area (Å²) in [5.74, 6) is -4.06. The van der Waals surface area contributed by atoms with Crippen molar-refractivity contribution < 1.29 is 39.5 Å². The largest absolute Gasteiger partial charge is 0.416 e. The Hall–Kier alpha value is -2.13. The molecular formula is C14H6BF9. The van der Waals surface area contributed by atoms with Gasteiger partial charge in [-0.05, 0) is 11.5 Å². The second kappa shape index (κ2) is 6.06. The van der Waals surface area contributed by atoms with Gasteiger partial charge in [-0.25, -0.2) is 13.2 Å².